The molecule has 0 fully saturated rings. The van der Waals surface area contributed by atoms with E-state index in [2.05, 4.69) is 0 Å². The van der Waals surface area contributed by atoms with E-state index < -0.39 is 6.10 Å². The van der Waals surface area contributed by atoms with E-state index in [1.165, 1.54) is 0 Å². The number of aliphatic hydroxyl groups is 1. The van der Waals surface area contributed by atoms with Gasteiger partial charge in [0.05, 0.1) is 13.7 Å². The Morgan fingerprint density at radius 2 is 2.13 bits per heavy atom. The fourth-order valence-electron chi connectivity index (χ4n) is 1.41. The number of hydrogen-bond donors (Lipinski definition) is 1. The van der Waals surface area contributed by atoms with E-state index in [1.54, 1.807) is 7.11 Å². The molecule has 0 bridgehead atoms. The highest BCUT2D eigenvalue weighted by Crippen LogP contribution is 2.26. The third-order valence-electron chi connectivity index (χ3n) is 2.23. The Hall–Kier alpha value is -1.06. The molecule has 0 heterocycles. The third-order valence-corrected chi connectivity index (χ3v) is 2.23. The molecule has 1 aromatic rings. The van der Waals surface area contributed by atoms with Crippen LogP contribution < -0.4 is 4.74 Å². The largest absolute Gasteiger partial charge is 0.496 e. The summed E-state index contributed by atoms with van der Waals surface area (Å²) in [6, 6.07) is 5.73. The van der Waals surface area contributed by atoms with Crippen molar-refractivity contribution in [2.45, 2.75) is 20.0 Å². The van der Waals surface area contributed by atoms with Gasteiger partial charge in [-0.25, -0.2) is 0 Å². The second-order valence-corrected chi connectivity index (χ2v) is 3.42. The molecule has 0 saturated carbocycles. The highest BCUT2D eigenvalue weighted by molar-refractivity contribution is 5.38. The van der Waals surface area contributed by atoms with Crippen molar-refractivity contribution in [1.29, 1.82) is 0 Å². The monoisotopic (exact) mass is 210 g/mol. The molecule has 1 N–H and O–H groups in total. The Balaban J connectivity index is 2.82. The molecule has 0 aliphatic rings. The van der Waals surface area contributed by atoms with Gasteiger partial charge in [0.15, 0.2) is 0 Å². The molecular weight excluding hydrogens is 192 g/mol. The minimum absolute atomic E-state index is 0.302. The van der Waals surface area contributed by atoms with Gasteiger partial charge in [-0.1, -0.05) is 12.1 Å². The van der Waals surface area contributed by atoms with Crippen molar-refractivity contribution in [3.8, 4) is 5.75 Å². The van der Waals surface area contributed by atoms with Crippen molar-refractivity contribution >= 4 is 0 Å². The van der Waals surface area contributed by atoms with Gasteiger partial charge in [-0.3, -0.25) is 0 Å². The van der Waals surface area contributed by atoms with Gasteiger partial charge in [-0.15, -0.1) is 0 Å². The van der Waals surface area contributed by atoms with Crippen LogP contribution in [0.2, 0.25) is 0 Å². The molecule has 1 rings (SSSR count). The number of hydrogen-bond acceptors (Lipinski definition) is 3. The van der Waals surface area contributed by atoms with Crippen LogP contribution in [0, 0.1) is 6.92 Å². The van der Waals surface area contributed by atoms with Crippen molar-refractivity contribution in [3.63, 3.8) is 0 Å². The molecule has 3 heteroatoms. The van der Waals surface area contributed by atoms with Gasteiger partial charge in [0, 0.05) is 12.2 Å². The van der Waals surface area contributed by atoms with E-state index in [-0.39, 0.29) is 0 Å². The van der Waals surface area contributed by atoms with Crippen LogP contribution in [0.4, 0.5) is 0 Å². The number of benzene rings is 1. The van der Waals surface area contributed by atoms with Crippen molar-refractivity contribution in [2.75, 3.05) is 20.3 Å². The molecule has 0 amide bonds. The molecule has 0 aromatic heterocycles. The van der Waals surface area contributed by atoms with E-state index in [1.807, 2.05) is 32.0 Å². The van der Waals surface area contributed by atoms with Crippen LogP contribution in [-0.2, 0) is 4.74 Å². The predicted octanol–water partition coefficient (Wildman–Crippen LogP) is 2.07. The number of aliphatic hydroxyl groups excluding tert-OH is 1. The van der Waals surface area contributed by atoms with Crippen LogP contribution in [0.25, 0.3) is 0 Å². The maximum Gasteiger partial charge on any atom is 0.125 e. The van der Waals surface area contributed by atoms with Crippen molar-refractivity contribution in [2.24, 2.45) is 0 Å². The van der Waals surface area contributed by atoms with Gasteiger partial charge in [-0.2, -0.15) is 0 Å². The molecule has 1 atom stereocenters. The molecule has 0 aliphatic heterocycles. The lowest BCUT2D eigenvalue weighted by Crippen LogP contribution is -2.08. The molecule has 15 heavy (non-hydrogen) atoms. The van der Waals surface area contributed by atoms with Gasteiger partial charge in [0.2, 0.25) is 0 Å². The first-order chi connectivity index (χ1) is 7.19. The first-order valence-corrected chi connectivity index (χ1v) is 5.09. The first-order valence-electron chi connectivity index (χ1n) is 5.09. The molecule has 0 aliphatic carbocycles. The summed E-state index contributed by atoms with van der Waals surface area (Å²) >= 11 is 0. The SMILES string of the molecule is CCOCC(O)c1ccc(C)cc1OC. The normalized spacial score (nSPS) is 12.5. The second-order valence-electron chi connectivity index (χ2n) is 3.42. The average Bonchev–Trinajstić information content (AvgIpc) is 2.25. The van der Waals surface area contributed by atoms with E-state index in [0.29, 0.717) is 19.0 Å². The summed E-state index contributed by atoms with van der Waals surface area (Å²) in [5.74, 6) is 0.710. The van der Waals surface area contributed by atoms with Crippen molar-refractivity contribution in [3.05, 3.63) is 29.3 Å². The quantitative estimate of drug-likeness (QED) is 0.808. The van der Waals surface area contributed by atoms with Crippen LogP contribution >= 0.6 is 0 Å². The Kier molecular flexibility index (Phi) is 4.59. The van der Waals surface area contributed by atoms with E-state index in [4.69, 9.17) is 9.47 Å². The average molecular weight is 210 g/mol. The Morgan fingerprint density at radius 1 is 1.40 bits per heavy atom. The number of aryl methyl sites for hydroxylation is 1. The molecule has 1 unspecified atom stereocenters. The van der Waals surface area contributed by atoms with Crippen LogP contribution in [-0.4, -0.2) is 25.4 Å². The van der Waals surface area contributed by atoms with Crippen LogP contribution in [0.3, 0.4) is 0 Å². The first kappa shape index (κ1) is 12.0. The van der Waals surface area contributed by atoms with E-state index >= 15 is 0 Å². The van der Waals surface area contributed by atoms with Crippen LogP contribution in [0.5, 0.6) is 5.75 Å². The summed E-state index contributed by atoms with van der Waals surface area (Å²) in [6.07, 6.45) is -0.625. The highest BCUT2D eigenvalue weighted by atomic mass is 16.5. The zero-order valence-electron chi connectivity index (χ0n) is 9.49. The van der Waals surface area contributed by atoms with Gasteiger partial charge in [0.1, 0.15) is 11.9 Å². The molecule has 0 spiro atoms. The molecule has 1 aromatic carbocycles. The summed E-state index contributed by atoms with van der Waals surface area (Å²) in [5.41, 5.74) is 1.88. The fourth-order valence-corrected chi connectivity index (χ4v) is 1.41. The molecule has 3 nitrogen and oxygen atoms in total. The standard InChI is InChI=1S/C12H18O3/c1-4-15-8-11(13)10-6-5-9(2)7-12(10)14-3/h5-7,11,13H,4,8H2,1-3H3. The summed E-state index contributed by atoms with van der Waals surface area (Å²) in [5, 5.41) is 9.85. The van der Waals surface area contributed by atoms with Gasteiger partial charge < -0.3 is 14.6 Å². The minimum Gasteiger partial charge on any atom is -0.496 e. The zero-order valence-corrected chi connectivity index (χ0v) is 9.49. The maximum atomic E-state index is 9.85. The van der Waals surface area contributed by atoms with Gasteiger partial charge in [-0.05, 0) is 25.5 Å². The highest BCUT2D eigenvalue weighted by Gasteiger charge is 2.12. The summed E-state index contributed by atoms with van der Waals surface area (Å²) in [6.45, 7) is 4.79. The number of rotatable bonds is 5. The Bertz CT molecular complexity index is 310. The predicted molar refractivity (Wildman–Crippen MR) is 59.2 cm³/mol. The Morgan fingerprint density at radius 3 is 2.73 bits per heavy atom. The molecule has 84 valence electrons. The number of ether oxygens (including phenoxy) is 2. The van der Waals surface area contributed by atoms with Crippen LogP contribution in [0.1, 0.15) is 24.2 Å². The van der Waals surface area contributed by atoms with Gasteiger partial charge in [0.25, 0.3) is 0 Å². The van der Waals surface area contributed by atoms with E-state index in [9.17, 15) is 5.11 Å². The smallest absolute Gasteiger partial charge is 0.125 e. The van der Waals surface area contributed by atoms with Crippen molar-refractivity contribution in [1.82, 2.24) is 0 Å². The van der Waals surface area contributed by atoms with Crippen molar-refractivity contribution < 1.29 is 14.6 Å². The topological polar surface area (TPSA) is 38.7 Å². The minimum atomic E-state index is -0.625. The molecule has 0 radical (unpaired) electrons. The summed E-state index contributed by atoms with van der Waals surface area (Å²) in [7, 11) is 1.60. The summed E-state index contributed by atoms with van der Waals surface area (Å²) < 4.78 is 10.4. The lowest BCUT2D eigenvalue weighted by Gasteiger charge is -2.15. The summed E-state index contributed by atoms with van der Waals surface area (Å²) in [4.78, 5) is 0. The lowest BCUT2D eigenvalue weighted by molar-refractivity contribution is 0.0407. The molecule has 0 saturated heterocycles. The van der Waals surface area contributed by atoms with Gasteiger partial charge >= 0.3 is 0 Å². The van der Waals surface area contributed by atoms with Crippen LogP contribution in [0.15, 0.2) is 18.2 Å². The lowest BCUT2D eigenvalue weighted by atomic mass is 10.1. The third kappa shape index (κ3) is 3.22. The maximum absolute atomic E-state index is 9.85. The zero-order chi connectivity index (χ0) is 11.3. The van der Waals surface area contributed by atoms with E-state index in [0.717, 1.165) is 11.1 Å². The second kappa shape index (κ2) is 5.73. The Labute approximate surface area is 90.6 Å². The fraction of sp³-hybridized carbons (Fsp3) is 0.500. The molecular formula is C12H18O3. The number of methoxy groups -OCH3 is 1.